The SMILES string of the molecule is CCc1cccc2c(C(=O)C3CCCCC3)c[nH]c12. The Morgan fingerprint density at radius 1 is 1.26 bits per heavy atom. The molecule has 1 N–H and O–H groups in total. The maximum absolute atomic E-state index is 12.7. The van der Waals surface area contributed by atoms with Gasteiger partial charge in [0.25, 0.3) is 0 Å². The van der Waals surface area contributed by atoms with E-state index in [1.165, 1.54) is 24.8 Å². The van der Waals surface area contributed by atoms with Crippen LogP contribution in [0.3, 0.4) is 0 Å². The van der Waals surface area contributed by atoms with Gasteiger partial charge in [-0.05, 0) is 24.8 Å². The molecule has 2 aromatic rings. The Hall–Kier alpha value is -1.57. The molecular formula is C17H21NO. The molecule has 1 aromatic heterocycles. The fourth-order valence-electron chi connectivity index (χ4n) is 3.30. The molecule has 1 aliphatic carbocycles. The van der Waals surface area contributed by atoms with Gasteiger partial charge >= 0.3 is 0 Å². The topological polar surface area (TPSA) is 32.9 Å². The van der Waals surface area contributed by atoms with E-state index in [1.807, 2.05) is 6.20 Å². The zero-order valence-corrected chi connectivity index (χ0v) is 11.5. The number of nitrogens with one attached hydrogen (secondary N) is 1. The highest BCUT2D eigenvalue weighted by molar-refractivity contribution is 6.09. The van der Waals surface area contributed by atoms with Gasteiger partial charge in [0, 0.05) is 28.6 Å². The number of aryl methyl sites for hydroxylation is 1. The van der Waals surface area contributed by atoms with E-state index in [2.05, 4.69) is 30.1 Å². The lowest BCUT2D eigenvalue weighted by Crippen LogP contribution is -2.17. The van der Waals surface area contributed by atoms with Crippen LogP contribution in [0.2, 0.25) is 0 Å². The van der Waals surface area contributed by atoms with E-state index in [4.69, 9.17) is 0 Å². The number of H-pyrrole nitrogens is 1. The van der Waals surface area contributed by atoms with E-state index >= 15 is 0 Å². The first-order chi connectivity index (χ1) is 9.31. The molecule has 1 saturated carbocycles. The molecule has 0 saturated heterocycles. The Bertz CT molecular complexity index is 590. The molecular weight excluding hydrogens is 234 g/mol. The summed E-state index contributed by atoms with van der Waals surface area (Å²) in [5, 5.41) is 1.11. The summed E-state index contributed by atoms with van der Waals surface area (Å²) in [5.41, 5.74) is 3.33. The molecule has 0 radical (unpaired) electrons. The molecule has 0 bridgehead atoms. The molecule has 0 amide bonds. The van der Waals surface area contributed by atoms with E-state index < -0.39 is 0 Å². The van der Waals surface area contributed by atoms with Crippen LogP contribution in [-0.4, -0.2) is 10.8 Å². The van der Waals surface area contributed by atoms with Crippen molar-refractivity contribution in [2.75, 3.05) is 0 Å². The normalized spacial score (nSPS) is 16.9. The Kier molecular flexibility index (Phi) is 3.41. The lowest BCUT2D eigenvalue weighted by atomic mass is 9.84. The molecule has 2 heteroatoms. The van der Waals surface area contributed by atoms with E-state index in [9.17, 15) is 4.79 Å². The first-order valence-electron chi connectivity index (χ1n) is 7.44. The second-order valence-corrected chi connectivity index (χ2v) is 5.59. The second-order valence-electron chi connectivity index (χ2n) is 5.59. The lowest BCUT2D eigenvalue weighted by Gasteiger charge is -2.19. The highest BCUT2D eigenvalue weighted by Gasteiger charge is 2.24. The summed E-state index contributed by atoms with van der Waals surface area (Å²) in [5.74, 6) is 0.595. The maximum atomic E-state index is 12.7. The van der Waals surface area contributed by atoms with Crippen LogP contribution in [0.25, 0.3) is 10.9 Å². The van der Waals surface area contributed by atoms with E-state index in [0.29, 0.717) is 5.78 Å². The number of carbonyl (C=O) groups excluding carboxylic acids is 1. The molecule has 3 rings (SSSR count). The Morgan fingerprint density at radius 3 is 2.79 bits per heavy atom. The van der Waals surface area contributed by atoms with Crippen molar-refractivity contribution in [1.82, 2.24) is 4.98 Å². The molecule has 1 fully saturated rings. The molecule has 1 heterocycles. The maximum Gasteiger partial charge on any atom is 0.168 e. The van der Waals surface area contributed by atoms with Gasteiger partial charge in [0.15, 0.2) is 5.78 Å². The molecule has 19 heavy (non-hydrogen) atoms. The molecule has 1 aliphatic rings. The molecule has 100 valence electrons. The van der Waals surface area contributed by atoms with Gasteiger partial charge in [-0.25, -0.2) is 0 Å². The molecule has 0 spiro atoms. The van der Waals surface area contributed by atoms with Crippen molar-refractivity contribution in [3.8, 4) is 0 Å². The van der Waals surface area contributed by atoms with Gasteiger partial charge in [-0.2, -0.15) is 0 Å². The fraction of sp³-hybridized carbons (Fsp3) is 0.471. The van der Waals surface area contributed by atoms with Crippen LogP contribution in [0.5, 0.6) is 0 Å². The average Bonchev–Trinajstić information content (AvgIpc) is 2.91. The summed E-state index contributed by atoms with van der Waals surface area (Å²) in [4.78, 5) is 16.0. The minimum atomic E-state index is 0.248. The number of benzene rings is 1. The van der Waals surface area contributed by atoms with Gasteiger partial charge in [0.2, 0.25) is 0 Å². The number of ketones is 1. The molecule has 2 nitrogen and oxygen atoms in total. The summed E-state index contributed by atoms with van der Waals surface area (Å²) >= 11 is 0. The third-order valence-corrected chi connectivity index (χ3v) is 4.42. The molecule has 1 aromatic carbocycles. The number of aromatic nitrogens is 1. The highest BCUT2D eigenvalue weighted by Crippen LogP contribution is 2.30. The smallest absolute Gasteiger partial charge is 0.168 e. The Balaban J connectivity index is 1.98. The number of fused-ring (bicyclic) bond motifs is 1. The van der Waals surface area contributed by atoms with Gasteiger partial charge in [-0.15, -0.1) is 0 Å². The number of para-hydroxylation sites is 1. The number of Topliss-reactive ketones (excluding diaryl/α,β-unsaturated/α-hetero) is 1. The summed E-state index contributed by atoms with van der Waals surface area (Å²) in [6.45, 7) is 2.15. The van der Waals surface area contributed by atoms with Crippen molar-refractivity contribution < 1.29 is 4.79 Å². The van der Waals surface area contributed by atoms with Crippen LogP contribution in [0.1, 0.15) is 54.9 Å². The van der Waals surface area contributed by atoms with Crippen LogP contribution < -0.4 is 0 Å². The summed E-state index contributed by atoms with van der Waals surface area (Å²) in [6.07, 6.45) is 8.75. The molecule has 0 atom stereocenters. The summed E-state index contributed by atoms with van der Waals surface area (Å²) in [7, 11) is 0. The average molecular weight is 255 g/mol. The molecule has 0 unspecified atom stereocenters. The standard InChI is InChI=1S/C17H21NO/c1-2-12-9-6-10-14-15(11-18-16(12)14)17(19)13-7-4-3-5-8-13/h6,9-11,13,18H,2-5,7-8H2,1H3. The number of hydrogen-bond donors (Lipinski definition) is 1. The van der Waals surface area contributed by atoms with Crippen molar-refractivity contribution in [2.45, 2.75) is 45.4 Å². The van der Waals surface area contributed by atoms with Gasteiger partial charge in [-0.1, -0.05) is 44.4 Å². The predicted octanol–water partition coefficient (Wildman–Crippen LogP) is 4.49. The van der Waals surface area contributed by atoms with Crippen LogP contribution in [-0.2, 0) is 6.42 Å². The minimum Gasteiger partial charge on any atom is -0.360 e. The third kappa shape index (κ3) is 2.20. The minimum absolute atomic E-state index is 0.248. The van der Waals surface area contributed by atoms with Crippen LogP contribution in [0.15, 0.2) is 24.4 Å². The van der Waals surface area contributed by atoms with Crippen LogP contribution >= 0.6 is 0 Å². The van der Waals surface area contributed by atoms with Crippen molar-refractivity contribution in [2.24, 2.45) is 5.92 Å². The third-order valence-electron chi connectivity index (χ3n) is 4.42. The van der Waals surface area contributed by atoms with Gasteiger partial charge < -0.3 is 4.98 Å². The number of hydrogen-bond acceptors (Lipinski definition) is 1. The van der Waals surface area contributed by atoms with Crippen LogP contribution in [0, 0.1) is 5.92 Å². The zero-order valence-electron chi connectivity index (χ0n) is 11.5. The largest absolute Gasteiger partial charge is 0.360 e. The van der Waals surface area contributed by atoms with Crippen LogP contribution in [0.4, 0.5) is 0 Å². The van der Waals surface area contributed by atoms with Crippen molar-refractivity contribution in [3.63, 3.8) is 0 Å². The molecule has 0 aliphatic heterocycles. The van der Waals surface area contributed by atoms with E-state index in [1.54, 1.807) is 0 Å². The fourth-order valence-corrected chi connectivity index (χ4v) is 3.30. The number of carbonyl (C=O) groups is 1. The lowest BCUT2D eigenvalue weighted by molar-refractivity contribution is 0.0891. The zero-order chi connectivity index (χ0) is 13.2. The Labute approximate surface area is 114 Å². The predicted molar refractivity (Wildman–Crippen MR) is 78.6 cm³/mol. The van der Waals surface area contributed by atoms with Gasteiger partial charge in [0.1, 0.15) is 0 Å². The van der Waals surface area contributed by atoms with E-state index in [-0.39, 0.29) is 5.92 Å². The summed E-state index contributed by atoms with van der Waals surface area (Å²) < 4.78 is 0. The van der Waals surface area contributed by atoms with Gasteiger partial charge in [-0.3, -0.25) is 4.79 Å². The highest BCUT2D eigenvalue weighted by atomic mass is 16.1. The first-order valence-corrected chi connectivity index (χ1v) is 7.44. The van der Waals surface area contributed by atoms with Crippen molar-refractivity contribution in [1.29, 1.82) is 0 Å². The first kappa shape index (κ1) is 12.5. The number of aromatic amines is 1. The Morgan fingerprint density at radius 2 is 2.05 bits per heavy atom. The summed E-state index contributed by atoms with van der Waals surface area (Å²) in [6, 6.07) is 6.27. The monoisotopic (exact) mass is 255 g/mol. The van der Waals surface area contributed by atoms with Gasteiger partial charge in [0.05, 0.1) is 0 Å². The second kappa shape index (κ2) is 5.20. The van der Waals surface area contributed by atoms with Crippen molar-refractivity contribution >= 4 is 16.7 Å². The van der Waals surface area contributed by atoms with E-state index in [0.717, 1.165) is 35.7 Å². The quantitative estimate of drug-likeness (QED) is 0.805. The number of rotatable bonds is 3. The van der Waals surface area contributed by atoms with Crippen molar-refractivity contribution in [3.05, 3.63) is 35.5 Å².